The quantitative estimate of drug-likeness (QED) is 0.844. The van der Waals surface area contributed by atoms with Crippen molar-refractivity contribution >= 4 is 26.8 Å². The largest absolute Gasteiger partial charge is 0.381 e. The number of thioether (sulfide) groups is 1. The van der Waals surface area contributed by atoms with Gasteiger partial charge in [0.25, 0.3) is 0 Å². The Bertz CT molecular complexity index is 465. The fraction of sp³-hybridized carbons (Fsp3) is 0.917. The molecule has 0 aromatic rings. The summed E-state index contributed by atoms with van der Waals surface area (Å²) in [6, 6.07) is 0. The molecule has 2 rings (SSSR count). The summed E-state index contributed by atoms with van der Waals surface area (Å²) < 4.78 is 27.8. The predicted octanol–water partition coefficient (Wildman–Crippen LogP) is 1.05. The Morgan fingerprint density at radius 2 is 2.05 bits per heavy atom. The number of hydrogen-bond donors (Lipinski definition) is 1. The molecule has 0 aromatic heterocycles. The van der Waals surface area contributed by atoms with Gasteiger partial charge in [-0.1, -0.05) is 11.8 Å². The molecule has 7 heteroatoms. The third kappa shape index (κ3) is 3.44. The van der Waals surface area contributed by atoms with Crippen molar-refractivity contribution < 1.29 is 13.2 Å². The van der Waals surface area contributed by atoms with E-state index in [1.54, 1.807) is 25.6 Å². The second-order valence-electron chi connectivity index (χ2n) is 5.96. The molecule has 1 N–H and O–H groups in total. The van der Waals surface area contributed by atoms with E-state index in [9.17, 15) is 8.42 Å². The van der Waals surface area contributed by atoms with Gasteiger partial charge in [-0.25, -0.2) is 8.42 Å². The van der Waals surface area contributed by atoms with E-state index in [0.29, 0.717) is 6.54 Å². The highest BCUT2D eigenvalue weighted by Gasteiger charge is 2.39. The average Bonchev–Trinajstić information content (AvgIpc) is 2.70. The summed E-state index contributed by atoms with van der Waals surface area (Å²) in [5.41, 5.74) is 0.108. The maximum absolute atomic E-state index is 11.6. The first-order chi connectivity index (χ1) is 8.74. The van der Waals surface area contributed by atoms with Crippen molar-refractivity contribution in [3.05, 3.63) is 0 Å². The van der Waals surface area contributed by atoms with E-state index in [2.05, 4.69) is 10.3 Å². The zero-order valence-electron chi connectivity index (χ0n) is 11.7. The van der Waals surface area contributed by atoms with Gasteiger partial charge < -0.3 is 10.1 Å². The first-order valence-electron chi connectivity index (χ1n) is 6.47. The number of aliphatic imine (C=N–C) groups is 1. The van der Waals surface area contributed by atoms with Gasteiger partial charge in [0.15, 0.2) is 15.0 Å². The lowest BCUT2D eigenvalue weighted by molar-refractivity contribution is 0.0555. The molecule has 2 aliphatic heterocycles. The Labute approximate surface area is 119 Å². The van der Waals surface area contributed by atoms with Crippen molar-refractivity contribution in [2.45, 2.75) is 37.0 Å². The van der Waals surface area contributed by atoms with Crippen LogP contribution in [0.5, 0.6) is 0 Å². The van der Waals surface area contributed by atoms with Crippen LogP contribution in [-0.2, 0) is 14.6 Å². The zero-order chi connectivity index (χ0) is 14.1. The van der Waals surface area contributed by atoms with Crippen LogP contribution in [0.4, 0.5) is 0 Å². The van der Waals surface area contributed by atoms with Crippen molar-refractivity contribution in [2.75, 3.05) is 31.8 Å². The van der Waals surface area contributed by atoms with E-state index < -0.39 is 14.6 Å². The fourth-order valence-corrected chi connectivity index (χ4v) is 3.52. The molecule has 2 fully saturated rings. The van der Waals surface area contributed by atoms with Crippen LogP contribution in [0.2, 0.25) is 0 Å². The van der Waals surface area contributed by atoms with Crippen LogP contribution >= 0.6 is 11.8 Å². The molecule has 0 unspecified atom stereocenters. The fourth-order valence-electron chi connectivity index (χ4n) is 2.00. The van der Waals surface area contributed by atoms with E-state index in [-0.39, 0.29) is 5.54 Å². The highest BCUT2D eigenvalue weighted by Crippen LogP contribution is 2.32. The standard InChI is InChI=1S/C12H22N2O3S2/c1-11(2,19(3,15)16)8-13-10-14-12(9-18-10)4-6-17-7-5-12/h4-9H2,1-3H3,(H,13,14). The van der Waals surface area contributed by atoms with Crippen LogP contribution in [0.15, 0.2) is 4.99 Å². The van der Waals surface area contributed by atoms with Gasteiger partial charge in [0.1, 0.15) is 0 Å². The average molecular weight is 306 g/mol. The van der Waals surface area contributed by atoms with Gasteiger partial charge in [-0.2, -0.15) is 0 Å². The molecule has 19 heavy (non-hydrogen) atoms. The number of nitrogens with one attached hydrogen (secondary N) is 1. The lowest BCUT2D eigenvalue weighted by atomic mass is 9.93. The summed E-state index contributed by atoms with van der Waals surface area (Å²) in [6.45, 7) is 5.31. The Balaban J connectivity index is 1.99. The highest BCUT2D eigenvalue weighted by atomic mass is 32.2. The van der Waals surface area contributed by atoms with Gasteiger partial charge in [0.2, 0.25) is 0 Å². The molecule has 0 aromatic carbocycles. The topological polar surface area (TPSA) is 67.8 Å². The van der Waals surface area contributed by atoms with Gasteiger partial charge >= 0.3 is 0 Å². The molecule has 0 radical (unpaired) electrons. The van der Waals surface area contributed by atoms with Crippen molar-refractivity contribution in [1.82, 2.24) is 5.32 Å². The molecule has 2 saturated heterocycles. The van der Waals surface area contributed by atoms with Crippen molar-refractivity contribution in [3.63, 3.8) is 0 Å². The number of ether oxygens (including phenoxy) is 1. The van der Waals surface area contributed by atoms with E-state index in [0.717, 1.165) is 37.0 Å². The number of sulfone groups is 1. The maximum atomic E-state index is 11.6. The normalized spacial score (nSPS) is 25.7. The SMILES string of the molecule is CC(C)(CN=C1NC2(CCOCC2)CS1)S(C)(=O)=O. The summed E-state index contributed by atoms with van der Waals surface area (Å²) in [5.74, 6) is 0.995. The summed E-state index contributed by atoms with van der Waals surface area (Å²) in [4.78, 5) is 4.46. The summed E-state index contributed by atoms with van der Waals surface area (Å²) in [7, 11) is -3.09. The monoisotopic (exact) mass is 306 g/mol. The van der Waals surface area contributed by atoms with Gasteiger partial charge in [-0.15, -0.1) is 0 Å². The molecular formula is C12H22N2O3S2. The van der Waals surface area contributed by atoms with Crippen LogP contribution in [0.3, 0.4) is 0 Å². The molecular weight excluding hydrogens is 284 g/mol. The van der Waals surface area contributed by atoms with Crippen LogP contribution in [0.1, 0.15) is 26.7 Å². The van der Waals surface area contributed by atoms with Crippen molar-refractivity contribution in [1.29, 1.82) is 0 Å². The second kappa shape index (κ2) is 5.26. The minimum Gasteiger partial charge on any atom is -0.381 e. The van der Waals surface area contributed by atoms with Gasteiger partial charge in [0.05, 0.1) is 16.8 Å². The van der Waals surface area contributed by atoms with E-state index in [4.69, 9.17) is 4.74 Å². The molecule has 2 aliphatic rings. The molecule has 0 aliphatic carbocycles. The first kappa shape index (κ1) is 15.1. The van der Waals surface area contributed by atoms with E-state index >= 15 is 0 Å². The molecule has 1 spiro atoms. The van der Waals surface area contributed by atoms with Crippen LogP contribution in [-0.4, -0.2) is 55.6 Å². The van der Waals surface area contributed by atoms with Gasteiger partial charge in [-0.3, -0.25) is 4.99 Å². The lowest BCUT2D eigenvalue weighted by Gasteiger charge is -2.32. The number of amidine groups is 1. The second-order valence-corrected chi connectivity index (χ2v) is 9.57. The number of hydrogen-bond acceptors (Lipinski definition) is 5. The first-order valence-corrected chi connectivity index (χ1v) is 9.35. The summed E-state index contributed by atoms with van der Waals surface area (Å²) >= 11 is 1.69. The van der Waals surface area contributed by atoms with E-state index in [1.165, 1.54) is 6.26 Å². The van der Waals surface area contributed by atoms with Gasteiger partial charge in [-0.05, 0) is 26.7 Å². The van der Waals surface area contributed by atoms with Crippen LogP contribution in [0.25, 0.3) is 0 Å². The summed E-state index contributed by atoms with van der Waals surface area (Å²) in [5, 5.41) is 4.34. The third-order valence-electron chi connectivity index (χ3n) is 3.91. The molecule has 110 valence electrons. The van der Waals surface area contributed by atoms with E-state index in [1.807, 2.05) is 0 Å². The molecule has 0 saturated carbocycles. The molecule has 2 heterocycles. The number of rotatable bonds is 3. The maximum Gasteiger partial charge on any atom is 0.157 e. The highest BCUT2D eigenvalue weighted by molar-refractivity contribution is 8.14. The minimum atomic E-state index is -3.09. The van der Waals surface area contributed by atoms with Crippen LogP contribution in [0, 0.1) is 0 Å². The Kier molecular flexibility index (Phi) is 4.18. The summed E-state index contributed by atoms with van der Waals surface area (Å²) in [6.07, 6.45) is 3.26. The lowest BCUT2D eigenvalue weighted by Crippen LogP contribution is -2.48. The Morgan fingerprint density at radius 1 is 1.42 bits per heavy atom. The van der Waals surface area contributed by atoms with Crippen molar-refractivity contribution in [3.8, 4) is 0 Å². The minimum absolute atomic E-state index is 0.108. The van der Waals surface area contributed by atoms with Crippen LogP contribution < -0.4 is 5.32 Å². The Morgan fingerprint density at radius 3 is 2.63 bits per heavy atom. The predicted molar refractivity (Wildman–Crippen MR) is 79.6 cm³/mol. The molecule has 5 nitrogen and oxygen atoms in total. The molecule has 0 amide bonds. The molecule has 0 bridgehead atoms. The van der Waals surface area contributed by atoms with Crippen molar-refractivity contribution in [2.24, 2.45) is 4.99 Å². The van der Waals surface area contributed by atoms with Gasteiger partial charge in [0, 0.05) is 25.2 Å². The molecule has 0 atom stereocenters. The number of nitrogens with zero attached hydrogens (tertiary/aromatic N) is 1. The smallest absolute Gasteiger partial charge is 0.157 e. The zero-order valence-corrected chi connectivity index (χ0v) is 13.4. The Hall–Kier alpha value is -0.270. The third-order valence-corrected chi connectivity index (χ3v) is 7.25.